The Bertz CT molecular complexity index is 766. The van der Waals surface area contributed by atoms with Gasteiger partial charge in [-0.25, -0.2) is 15.0 Å². The fourth-order valence-electron chi connectivity index (χ4n) is 2.57. The molecule has 22 heavy (non-hydrogen) atoms. The third-order valence-corrected chi connectivity index (χ3v) is 5.00. The maximum Gasteiger partial charge on any atom is 0.184 e. The third-order valence-electron chi connectivity index (χ3n) is 3.75. The lowest BCUT2D eigenvalue weighted by atomic mass is 9.87. The minimum Gasteiger partial charge on any atom is -0.365 e. The van der Waals surface area contributed by atoms with Crippen molar-refractivity contribution in [2.45, 2.75) is 24.9 Å². The molecule has 5 nitrogen and oxygen atoms in total. The molecule has 0 radical (unpaired) electrons. The van der Waals surface area contributed by atoms with Gasteiger partial charge in [-0.05, 0) is 25.0 Å². The Balaban J connectivity index is 1.35. The Kier molecular flexibility index (Phi) is 3.56. The van der Waals surface area contributed by atoms with Crippen molar-refractivity contribution in [2.75, 3.05) is 10.6 Å². The van der Waals surface area contributed by atoms with Gasteiger partial charge < -0.3 is 10.6 Å². The van der Waals surface area contributed by atoms with Gasteiger partial charge in [-0.3, -0.25) is 0 Å². The average molecular weight is 332 g/mol. The summed E-state index contributed by atoms with van der Waals surface area (Å²) in [7, 11) is 0. The summed E-state index contributed by atoms with van der Waals surface area (Å²) in [6.45, 7) is 0. The summed E-state index contributed by atoms with van der Waals surface area (Å²) in [5, 5.41) is 8.23. The Morgan fingerprint density at radius 3 is 2.64 bits per heavy atom. The van der Waals surface area contributed by atoms with Crippen LogP contribution in [0.25, 0.3) is 10.2 Å². The predicted octanol–water partition coefficient (Wildman–Crippen LogP) is 3.79. The van der Waals surface area contributed by atoms with Crippen molar-refractivity contribution in [3.05, 3.63) is 41.8 Å². The molecule has 1 fully saturated rings. The van der Waals surface area contributed by atoms with Gasteiger partial charge in [0.1, 0.15) is 0 Å². The largest absolute Gasteiger partial charge is 0.365 e. The summed E-state index contributed by atoms with van der Waals surface area (Å²) in [6, 6.07) is 9.00. The second-order valence-electron chi connectivity index (χ2n) is 5.34. The molecule has 4 rings (SSSR count). The summed E-state index contributed by atoms with van der Waals surface area (Å²) < 4.78 is 1.21. The lowest BCUT2D eigenvalue weighted by molar-refractivity contribution is 0.396. The molecule has 0 spiro atoms. The first-order chi connectivity index (χ1) is 10.8. The molecule has 1 aliphatic rings. The molecule has 0 saturated heterocycles. The van der Waals surface area contributed by atoms with E-state index in [-0.39, 0.29) is 0 Å². The highest BCUT2D eigenvalue weighted by atomic mass is 35.5. The second kappa shape index (κ2) is 5.70. The normalized spacial score (nSPS) is 20.6. The number of halogens is 1. The van der Waals surface area contributed by atoms with Gasteiger partial charge in [0.15, 0.2) is 16.1 Å². The third kappa shape index (κ3) is 2.71. The second-order valence-corrected chi connectivity index (χ2v) is 6.73. The molecular weight excluding hydrogens is 318 g/mol. The van der Waals surface area contributed by atoms with Crippen LogP contribution in [0.3, 0.4) is 0 Å². The van der Waals surface area contributed by atoms with E-state index in [4.69, 9.17) is 11.6 Å². The van der Waals surface area contributed by atoms with E-state index in [9.17, 15) is 0 Å². The van der Waals surface area contributed by atoms with Gasteiger partial charge in [0.05, 0.1) is 10.2 Å². The summed E-state index contributed by atoms with van der Waals surface area (Å²) in [4.78, 5) is 12.8. The molecule has 0 aliphatic heterocycles. The Hall–Kier alpha value is -1.92. The van der Waals surface area contributed by atoms with Gasteiger partial charge in [-0.1, -0.05) is 35.1 Å². The van der Waals surface area contributed by atoms with Crippen molar-refractivity contribution in [3.63, 3.8) is 0 Å². The van der Waals surface area contributed by atoms with Gasteiger partial charge in [0.25, 0.3) is 0 Å². The minimum absolute atomic E-state index is 0.376. The van der Waals surface area contributed by atoms with Crippen molar-refractivity contribution >= 4 is 44.1 Å². The number of nitrogens with zero attached hydrogens (tertiary/aromatic N) is 3. The number of thiazole rings is 1. The molecule has 2 N–H and O–H groups in total. The van der Waals surface area contributed by atoms with E-state index in [0.717, 1.165) is 23.5 Å². The van der Waals surface area contributed by atoms with Crippen molar-refractivity contribution < 1.29 is 0 Å². The first-order valence-corrected chi connectivity index (χ1v) is 8.32. The van der Waals surface area contributed by atoms with Crippen molar-refractivity contribution in [1.29, 1.82) is 0 Å². The van der Waals surface area contributed by atoms with Crippen LogP contribution in [-0.4, -0.2) is 27.0 Å². The number of aromatic nitrogens is 3. The van der Waals surface area contributed by atoms with Crippen molar-refractivity contribution in [1.82, 2.24) is 15.0 Å². The summed E-state index contributed by atoms with van der Waals surface area (Å²) in [5.41, 5.74) is 1.05. The van der Waals surface area contributed by atoms with E-state index in [1.54, 1.807) is 23.7 Å². The van der Waals surface area contributed by atoms with Crippen molar-refractivity contribution in [3.8, 4) is 0 Å². The Labute approximate surface area is 136 Å². The topological polar surface area (TPSA) is 62.7 Å². The molecule has 0 bridgehead atoms. The minimum atomic E-state index is 0.376. The van der Waals surface area contributed by atoms with Crippen LogP contribution < -0.4 is 10.6 Å². The maximum atomic E-state index is 6.00. The van der Waals surface area contributed by atoms with E-state index in [1.807, 2.05) is 18.2 Å². The number of fused-ring (bicyclic) bond motifs is 1. The number of anilines is 2. The molecule has 112 valence electrons. The number of nitrogens with one attached hydrogen (secondary N) is 2. The molecule has 7 heteroatoms. The van der Waals surface area contributed by atoms with Crippen LogP contribution in [0, 0.1) is 0 Å². The molecule has 3 aromatic rings. The molecule has 0 amide bonds. The lowest BCUT2D eigenvalue weighted by Crippen LogP contribution is -2.43. The van der Waals surface area contributed by atoms with Gasteiger partial charge in [0, 0.05) is 24.5 Å². The molecule has 2 heterocycles. The predicted molar refractivity (Wildman–Crippen MR) is 90.7 cm³/mol. The van der Waals surface area contributed by atoms with Crippen molar-refractivity contribution in [2.24, 2.45) is 0 Å². The number of para-hydroxylation sites is 1. The van der Waals surface area contributed by atoms with E-state index in [0.29, 0.717) is 23.1 Å². The van der Waals surface area contributed by atoms with Crippen LogP contribution in [-0.2, 0) is 0 Å². The first kappa shape index (κ1) is 13.7. The van der Waals surface area contributed by atoms with Crippen LogP contribution in [0.2, 0.25) is 5.15 Å². The average Bonchev–Trinajstić information content (AvgIpc) is 2.89. The van der Waals surface area contributed by atoms with Crippen LogP contribution >= 0.6 is 22.9 Å². The zero-order chi connectivity index (χ0) is 14.9. The SMILES string of the molecule is Clc1nccnc1NC1CC(Nc2nc3ccccc3s2)C1. The van der Waals surface area contributed by atoms with Crippen LogP contribution in [0.4, 0.5) is 10.9 Å². The monoisotopic (exact) mass is 331 g/mol. The Morgan fingerprint density at radius 1 is 1.05 bits per heavy atom. The van der Waals surface area contributed by atoms with Crippen LogP contribution in [0.15, 0.2) is 36.7 Å². The van der Waals surface area contributed by atoms with E-state index in [1.165, 1.54) is 4.70 Å². The molecular formula is C15H14ClN5S. The number of rotatable bonds is 4. The molecule has 1 saturated carbocycles. The fraction of sp³-hybridized carbons (Fsp3) is 0.267. The quantitative estimate of drug-likeness (QED) is 0.761. The number of hydrogen-bond donors (Lipinski definition) is 2. The highest BCUT2D eigenvalue weighted by molar-refractivity contribution is 7.22. The lowest BCUT2D eigenvalue weighted by Gasteiger charge is -2.36. The zero-order valence-corrected chi connectivity index (χ0v) is 13.2. The standard InChI is InChI=1S/C15H14ClN5S/c16-13-14(18-6-5-17-13)19-9-7-10(8-9)20-15-21-11-3-1-2-4-12(11)22-15/h1-6,9-10H,7-8H2,(H,18,19)(H,20,21). The van der Waals surface area contributed by atoms with Gasteiger partial charge in [0.2, 0.25) is 0 Å². The van der Waals surface area contributed by atoms with Crippen LogP contribution in [0.5, 0.6) is 0 Å². The smallest absolute Gasteiger partial charge is 0.184 e. The van der Waals surface area contributed by atoms with Gasteiger partial charge in [-0.2, -0.15) is 0 Å². The summed E-state index contributed by atoms with van der Waals surface area (Å²) in [5.74, 6) is 0.660. The fourth-order valence-corrected chi connectivity index (χ4v) is 3.68. The number of benzene rings is 1. The molecule has 2 aromatic heterocycles. The number of hydrogen-bond acceptors (Lipinski definition) is 6. The molecule has 1 aromatic carbocycles. The van der Waals surface area contributed by atoms with Gasteiger partial charge >= 0.3 is 0 Å². The Morgan fingerprint density at radius 2 is 1.82 bits per heavy atom. The van der Waals surface area contributed by atoms with E-state index < -0.39 is 0 Å². The van der Waals surface area contributed by atoms with Crippen LogP contribution in [0.1, 0.15) is 12.8 Å². The molecule has 0 unspecified atom stereocenters. The van der Waals surface area contributed by atoms with Gasteiger partial charge in [-0.15, -0.1) is 0 Å². The van der Waals surface area contributed by atoms with E-state index in [2.05, 4.69) is 31.7 Å². The first-order valence-electron chi connectivity index (χ1n) is 7.13. The summed E-state index contributed by atoms with van der Waals surface area (Å²) >= 11 is 7.70. The molecule has 0 atom stereocenters. The molecule has 1 aliphatic carbocycles. The highest BCUT2D eigenvalue weighted by Crippen LogP contribution is 2.31. The zero-order valence-electron chi connectivity index (χ0n) is 11.7. The van der Waals surface area contributed by atoms with E-state index >= 15 is 0 Å². The highest BCUT2D eigenvalue weighted by Gasteiger charge is 2.30. The summed E-state index contributed by atoms with van der Waals surface area (Å²) in [6.07, 6.45) is 5.27. The maximum absolute atomic E-state index is 6.00.